The molecule has 2 atom stereocenters. The molecule has 0 spiro atoms. The largest absolute Gasteiger partial charge is 0.480 e. The number of carbonyl (C=O) groups excluding carboxylic acids is 1. The first kappa shape index (κ1) is 16.8. The van der Waals surface area contributed by atoms with Gasteiger partial charge < -0.3 is 15.7 Å². The fraction of sp³-hybridized carbons (Fsp3) is 0.385. The van der Waals surface area contributed by atoms with Gasteiger partial charge in [-0.3, -0.25) is 0 Å². The molecule has 7 heteroatoms. The van der Waals surface area contributed by atoms with E-state index in [0.29, 0.717) is 21.6 Å². The molecule has 3 N–H and O–H groups in total. The molecule has 0 saturated carbocycles. The lowest BCUT2D eigenvalue weighted by atomic mass is 9.99. The van der Waals surface area contributed by atoms with Crippen LogP contribution in [-0.2, 0) is 4.79 Å². The minimum Gasteiger partial charge on any atom is -0.480 e. The van der Waals surface area contributed by atoms with E-state index < -0.39 is 18.0 Å². The Bertz CT molecular complexity index is 510. The molecule has 0 heterocycles. The molecule has 2 amide bonds. The zero-order valence-corrected chi connectivity index (χ0v) is 13.5. The summed E-state index contributed by atoms with van der Waals surface area (Å²) in [6.07, 6.45) is 0.654. The van der Waals surface area contributed by atoms with E-state index in [2.05, 4.69) is 26.6 Å². The average Bonchev–Trinajstić information content (AvgIpc) is 2.39. The van der Waals surface area contributed by atoms with Crippen molar-refractivity contribution in [2.24, 2.45) is 5.92 Å². The summed E-state index contributed by atoms with van der Waals surface area (Å²) in [5.41, 5.74) is 0.490. The number of aliphatic carboxylic acids is 1. The molecular weight excluding hydrogens is 348 g/mol. The van der Waals surface area contributed by atoms with E-state index in [1.807, 2.05) is 6.92 Å². The Balaban J connectivity index is 2.70. The Hall–Kier alpha value is -1.27. The van der Waals surface area contributed by atoms with Crippen molar-refractivity contribution in [3.63, 3.8) is 0 Å². The monoisotopic (exact) mass is 362 g/mol. The lowest BCUT2D eigenvalue weighted by Gasteiger charge is -2.20. The van der Waals surface area contributed by atoms with Gasteiger partial charge in [0, 0.05) is 10.2 Å². The van der Waals surface area contributed by atoms with Crippen LogP contribution in [0, 0.1) is 5.92 Å². The highest BCUT2D eigenvalue weighted by Gasteiger charge is 2.25. The highest BCUT2D eigenvalue weighted by molar-refractivity contribution is 9.10. The highest BCUT2D eigenvalue weighted by atomic mass is 79.9. The van der Waals surface area contributed by atoms with Gasteiger partial charge in [-0.05, 0) is 40.0 Å². The van der Waals surface area contributed by atoms with Crippen LogP contribution in [0.15, 0.2) is 22.7 Å². The Morgan fingerprint density at radius 1 is 1.45 bits per heavy atom. The SMILES string of the molecule is CC[C@H](C)[C@H](NC(=O)Nc1ccc(Br)c(Cl)c1)C(=O)O. The van der Waals surface area contributed by atoms with Gasteiger partial charge in [0.05, 0.1) is 5.02 Å². The molecule has 0 aliphatic carbocycles. The summed E-state index contributed by atoms with van der Waals surface area (Å²) in [5.74, 6) is -1.21. The number of urea groups is 1. The molecule has 5 nitrogen and oxygen atoms in total. The van der Waals surface area contributed by atoms with Crippen LogP contribution in [-0.4, -0.2) is 23.1 Å². The maximum Gasteiger partial charge on any atom is 0.326 e. The van der Waals surface area contributed by atoms with Crippen molar-refractivity contribution in [2.75, 3.05) is 5.32 Å². The molecule has 0 fully saturated rings. The van der Waals surface area contributed by atoms with Crippen LogP contribution in [0.5, 0.6) is 0 Å². The van der Waals surface area contributed by atoms with E-state index in [1.165, 1.54) is 0 Å². The summed E-state index contributed by atoms with van der Waals surface area (Å²) in [6, 6.07) is 3.43. The first-order valence-electron chi connectivity index (χ1n) is 6.10. The van der Waals surface area contributed by atoms with Crippen LogP contribution >= 0.6 is 27.5 Å². The molecule has 0 bridgehead atoms. The third-order valence-corrected chi connectivity index (χ3v) is 4.18. The normalized spacial score (nSPS) is 13.4. The van der Waals surface area contributed by atoms with E-state index in [9.17, 15) is 9.59 Å². The molecule has 110 valence electrons. The van der Waals surface area contributed by atoms with Gasteiger partial charge in [0.2, 0.25) is 0 Å². The third kappa shape index (κ3) is 4.68. The second kappa shape index (κ2) is 7.50. The van der Waals surface area contributed by atoms with Gasteiger partial charge >= 0.3 is 12.0 Å². The van der Waals surface area contributed by atoms with Gasteiger partial charge in [0.15, 0.2) is 0 Å². The van der Waals surface area contributed by atoms with Crippen LogP contribution in [0.1, 0.15) is 20.3 Å². The maximum atomic E-state index is 11.8. The number of carboxylic acid groups (broad SMARTS) is 1. The van der Waals surface area contributed by atoms with Crippen LogP contribution in [0.2, 0.25) is 5.02 Å². The second-order valence-corrected chi connectivity index (χ2v) is 5.69. The van der Waals surface area contributed by atoms with Gasteiger partial charge in [-0.1, -0.05) is 31.9 Å². The van der Waals surface area contributed by atoms with Crippen molar-refractivity contribution in [3.05, 3.63) is 27.7 Å². The first-order valence-corrected chi connectivity index (χ1v) is 7.27. The third-order valence-electron chi connectivity index (χ3n) is 2.94. The number of rotatable bonds is 5. The minimum absolute atomic E-state index is 0.160. The average molecular weight is 364 g/mol. The van der Waals surface area contributed by atoms with E-state index in [-0.39, 0.29) is 5.92 Å². The van der Waals surface area contributed by atoms with Crippen LogP contribution in [0.4, 0.5) is 10.5 Å². The van der Waals surface area contributed by atoms with Gasteiger partial charge in [0.25, 0.3) is 0 Å². The highest BCUT2D eigenvalue weighted by Crippen LogP contribution is 2.25. The maximum absolute atomic E-state index is 11.8. The van der Waals surface area contributed by atoms with Crippen molar-refractivity contribution in [1.82, 2.24) is 5.32 Å². The number of halogens is 2. The summed E-state index contributed by atoms with van der Waals surface area (Å²) in [7, 11) is 0. The van der Waals surface area contributed by atoms with Crippen molar-refractivity contribution < 1.29 is 14.7 Å². The quantitative estimate of drug-likeness (QED) is 0.746. The predicted octanol–water partition coefficient (Wildman–Crippen LogP) is 3.72. The van der Waals surface area contributed by atoms with Crippen LogP contribution in [0.25, 0.3) is 0 Å². The van der Waals surface area contributed by atoms with Crippen molar-refractivity contribution in [1.29, 1.82) is 0 Å². The molecular formula is C13H16BrClN2O3. The molecule has 1 aromatic rings. The smallest absolute Gasteiger partial charge is 0.326 e. The molecule has 0 aromatic heterocycles. The van der Waals surface area contributed by atoms with Gasteiger partial charge in [-0.15, -0.1) is 0 Å². The number of carbonyl (C=O) groups is 2. The molecule has 0 aliphatic rings. The summed E-state index contributed by atoms with van der Waals surface area (Å²) in [6.45, 7) is 3.64. The molecule has 0 aliphatic heterocycles. The number of hydrogen-bond acceptors (Lipinski definition) is 2. The summed E-state index contributed by atoms with van der Waals surface area (Å²) in [5, 5.41) is 14.6. The summed E-state index contributed by atoms with van der Waals surface area (Å²) in [4.78, 5) is 22.9. The van der Waals surface area contributed by atoms with E-state index in [0.717, 1.165) is 0 Å². The molecule has 20 heavy (non-hydrogen) atoms. The number of anilines is 1. The summed E-state index contributed by atoms with van der Waals surface area (Å²) >= 11 is 9.16. The number of nitrogens with one attached hydrogen (secondary N) is 2. The van der Waals surface area contributed by atoms with E-state index >= 15 is 0 Å². The minimum atomic E-state index is -1.05. The lowest BCUT2D eigenvalue weighted by molar-refractivity contribution is -0.140. The van der Waals surface area contributed by atoms with Crippen molar-refractivity contribution in [3.8, 4) is 0 Å². The van der Waals surface area contributed by atoms with Gasteiger partial charge in [-0.2, -0.15) is 0 Å². The number of hydrogen-bond donors (Lipinski definition) is 3. The molecule has 1 rings (SSSR count). The number of benzene rings is 1. The zero-order valence-electron chi connectivity index (χ0n) is 11.1. The Kier molecular flexibility index (Phi) is 6.29. The zero-order chi connectivity index (χ0) is 15.3. The van der Waals surface area contributed by atoms with E-state index in [1.54, 1.807) is 25.1 Å². The molecule has 0 unspecified atom stereocenters. The lowest BCUT2D eigenvalue weighted by Crippen LogP contribution is -2.46. The molecule has 1 aromatic carbocycles. The van der Waals surface area contributed by atoms with Crippen molar-refractivity contribution in [2.45, 2.75) is 26.3 Å². The van der Waals surface area contributed by atoms with E-state index in [4.69, 9.17) is 16.7 Å². The Labute approximate surface area is 130 Å². The van der Waals surface area contributed by atoms with Crippen LogP contribution < -0.4 is 10.6 Å². The summed E-state index contributed by atoms with van der Waals surface area (Å²) < 4.78 is 0.716. The Morgan fingerprint density at radius 3 is 2.60 bits per heavy atom. The predicted molar refractivity (Wildman–Crippen MR) is 82.2 cm³/mol. The molecule has 0 saturated heterocycles. The molecule has 0 radical (unpaired) electrons. The topological polar surface area (TPSA) is 78.4 Å². The Morgan fingerprint density at radius 2 is 2.10 bits per heavy atom. The number of amides is 2. The fourth-order valence-electron chi connectivity index (χ4n) is 1.57. The van der Waals surface area contributed by atoms with Crippen molar-refractivity contribution >= 4 is 45.2 Å². The van der Waals surface area contributed by atoms with Gasteiger partial charge in [-0.25, -0.2) is 9.59 Å². The fourth-order valence-corrected chi connectivity index (χ4v) is 1.99. The first-order chi connectivity index (χ1) is 9.35. The number of carboxylic acids is 1. The standard InChI is InChI=1S/C13H16BrClN2O3/c1-3-7(2)11(12(18)19)17-13(20)16-8-4-5-9(14)10(15)6-8/h4-7,11H,3H2,1-2H3,(H,18,19)(H2,16,17,20)/t7-,11-/m0/s1. The van der Waals surface area contributed by atoms with Gasteiger partial charge in [0.1, 0.15) is 6.04 Å². The van der Waals surface area contributed by atoms with Crippen LogP contribution in [0.3, 0.4) is 0 Å². The second-order valence-electron chi connectivity index (χ2n) is 4.43.